The molecule has 272 valence electrons. The summed E-state index contributed by atoms with van der Waals surface area (Å²) in [5.41, 5.74) is 8.74. The van der Waals surface area contributed by atoms with Crippen LogP contribution in [0.4, 0.5) is 0 Å². The van der Waals surface area contributed by atoms with E-state index < -0.39 is 8.07 Å². The second-order valence-corrected chi connectivity index (χ2v) is 19.0. The Hall–Kier alpha value is -7.47. The van der Waals surface area contributed by atoms with E-state index in [-0.39, 0.29) is 0 Å². The summed E-state index contributed by atoms with van der Waals surface area (Å²) in [6.45, 7) is 0. The zero-order valence-corrected chi connectivity index (χ0v) is 32.5. The first-order valence-corrected chi connectivity index (χ1v) is 21.8. The van der Waals surface area contributed by atoms with Crippen molar-refractivity contribution in [3.05, 3.63) is 213 Å². The standard InChI is InChI=1S/C53H35N3OSi/c1-3-15-38(16-4-1)58(39-17-5-2-6-18-39,41-19-13-14-37(32-41)56-49-24-11-8-21-43(49)47-35-54-31-30-50(47)56)40-28-26-36(27-29-40)55-48-23-10-7-20-42(48)45-34-53-46(33-51(45)55)44-22-9-12-25-52(44)57-53/h1-35H. The lowest BCUT2D eigenvalue weighted by Gasteiger charge is -2.35. The molecule has 8 aromatic carbocycles. The quantitative estimate of drug-likeness (QED) is 0.125. The molecule has 0 unspecified atom stereocenters. The molecule has 0 atom stereocenters. The minimum atomic E-state index is -2.90. The maximum Gasteiger partial charge on any atom is 0.179 e. The Balaban J connectivity index is 1.10. The largest absolute Gasteiger partial charge is 0.456 e. The predicted octanol–water partition coefficient (Wildman–Crippen LogP) is 10.6. The lowest BCUT2D eigenvalue weighted by Crippen LogP contribution is -2.74. The van der Waals surface area contributed by atoms with Crippen molar-refractivity contribution < 1.29 is 4.42 Å². The van der Waals surface area contributed by atoms with Crippen molar-refractivity contribution in [2.75, 3.05) is 0 Å². The predicted molar refractivity (Wildman–Crippen MR) is 244 cm³/mol. The number of hydrogen-bond donors (Lipinski definition) is 0. The third kappa shape index (κ3) is 4.71. The number of furan rings is 1. The van der Waals surface area contributed by atoms with Crippen LogP contribution < -0.4 is 20.7 Å². The van der Waals surface area contributed by atoms with E-state index in [2.05, 4.69) is 208 Å². The van der Waals surface area contributed by atoms with Crippen molar-refractivity contribution in [2.24, 2.45) is 0 Å². The maximum absolute atomic E-state index is 6.37. The Morgan fingerprint density at radius 2 is 0.914 bits per heavy atom. The highest BCUT2D eigenvalue weighted by Crippen LogP contribution is 2.38. The highest BCUT2D eigenvalue weighted by Gasteiger charge is 2.41. The molecule has 0 radical (unpaired) electrons. The zero-order valence-electron chi connectivity index (χ0n) is 31.5. The number of benzene rings is 8. The summed E-state index contributed by atoms with van der Waals surface area (Å²) in [6.07, 6.45) is 3.89. The molecule has 0 saturated carbocycles. The van der Waals surface area contributed by atoms with Crippen molar-refractivity contribution in [1.82, 2.24) is 14.1 Å². The van der Waals surface area contributed by atoms with E-state index in [9.17, 15) is 0 Å². The molecule has 4 aromatic heterocycles. The van der Waals surface area contributed by atoms with Gasteiger partial charge in [0.2, 0.25) is 0 Å². The van der Waals surface area contributed by atoms with E-state index in [1.54, 1.807) is 0 Å². The molecule has 12 aromatic rings. The number of fused-ring (bicyclic) bond motifs is 9. The van der Waals surface area contributed by atoms with E-state index in [0.29, 0.717) is 0 Å². The lowest BCUT2D eigenvalue weighted by atomic mass is 10.1. The molecule has 0 amide bonds. The van der Waals surface area contributed by atoms with Crippen LogP contribution in [0.1, 0.15) is 0 Å². The summed E-state index contributed by atoms with van der Waals surface area (Å²) in [5, 5.41) is 12.3. The Morgan fingerprint density at radius 1 is 0.345 bits per heavy atom. The van der Waals surface area contributed by atoms with Crippen LogP contribution in [0.2, 0.25) is 0 Å². The summed E-state index contributed by atoms with van der Waals surface area (Å²) in [6, 6.07) is 73.4. The molecular weight excluding hydrogens is 723 g/mol. The number of rotatable bonds is 6. The van der Waals surface area contributed by atoms with E-state index in [1.165, 1.54) is 47.9 Å². The molecule has 12 rings (SSSR count). The van der Waals surface area contributed by atoms with Crippen LogP contribution in [0.15, 0.2) is 217 Å². The van der Waals surface area contributed by atoms with Gasteiger partial charge in [-0.15, -0.1) is 0 Å². The SMILES string of the molecule is c1ccc([Si](c2ccccc2)(c2ccc(-n3c4ccccc4c4cc5oc6ccccc6c5cc43)cc2)c2cccc(-n3c4ccccc4c4cnccc43)c2)cc1. The van der Waals surface area contributed by atoms with E-state index >= 15 is 0 Å². The first kappa shape index (κ1) is 32.7. The minimum Gasteiger partial charge on any atom is -0.456 e. The summed E-state index contributed by atoms with van der Waals surface area (Å²) < 4.78 is 11.2. The second-order valence-electron chi connectivity index (χ2n) is 15.1. The normalized spacial score (nSPS) is 12.1. The fourth-order valence-corrected chi connectivity index (χ4v) is 14.4. The van der Waals surface area contributed by atoms with Crippen molar-refractivity contribution in [1.29, 1.82) is 0 Å². The highest BCUT2D eigenvalue weighted by atomic mass is 28.3. The molecule has 0 N–H and O–H groups in total. The smallest absolute Gasteiger partial charge is 0.179 e. The second kappa shape index (κ2) is 12.8. The fraction of sp³-hybridized carbons (Fsp3) is 0. The van der Waals surface area contributed by atoms with Gasteiger partial charge in [-0.1, -0.05) is 140 Å². The number of nitrogens with zero attached hydrogens (tertiary/aromatic N) is 3. The van der Waals surface area contributed by atoms with Crippen LogP contribution in [0, 0.1) is 0 Å². The van der Waals surface area contributed by atoms with Crippen LogP contribution in [0.5, 0.6) is 0 Å². The highest BCUT2D eigenvalue weighted by molar-refractivity contribution is 7.19. The molecule has 4 nitrogen and oxygen atoms in total. The Morgan fingerprint density at radius 3 is 1.64 bits per heavy atom. The van der Waals surface area contributed by atoms with Crippen LogP contribution in [-0.4, -0.2) is 22.2 Å². The molecule has 58 heavy (non-hydrogen) atoms. The first-order valence-electron chi connectivity index (χ1n) is 19.8. The van der Waals surface area contributed by atoms with Gasteiger partial charge < -0.3 is 13.6 Å². The van der Waals surface area contributed by atoms with Gasteiger partial charge in [-0.2, -0.15) is 0 Å². The van der Waals surface area contributed by atoms with Crippen LogP contribution in [0.25, 0.3) is 76.9 Å². The molecule has 0 aliphatic heterocycles. The van der Waals surface area contributed by atoms with Crippen molar-refractivity contribution in [3.63, 3.8) is 0 Å². The van der Waals surface area contributed by atoms with E-state index in [4.69, 9.17) is 4.42 Å². The summed E-state index contributed by atoms with van der Waals surface area (Å²) in [7, 11) is -2.90. The molecule has 0 saturated heterocycles. The van der Waals surface area contributed by atoms with Crippen LogP contribution >= 0.6 is 0 Å². The zero-order chi connectivity index (χ0) is 38.2. The minimum absolute atomic E-state index is 0.910. The van der Waals surface area contributed by atoms with E-state index in [0.717, 1.165) is 49.7 Å². The van der Waals surface area contributed by atoms with Gasteiger partial charge in [0.1, 0.15) is 11.2 Å². The number of pyridine rings is 1. The summed E-state index contributed by atoms with van der Waals surface area (Å²) in [4.78, 5) is 4.52. The third-order valence-electron chi connectivity index (χ3n) is 12.2. The number of para-hydroxylation sites is 3. The Kier molecular flexibility index (Phi) is 7.21. The Labute approximate surface area is 335 Å². The van der Waals surface area contributed by atoms with Gasteiger partial charge in [0, 0.05) is 56.1 Å². The van der Waals surface area contributed by atoms with Gasteiger partial charge in [0.25, 0.3) is 0 Å². The van der Waals surface area contributed by atoms with E-state index in [1.807, 2.05) is 18.5 Å². The Bertz CT molecular complexity index is 3420. The van der Waals surface area contributed by atoms with Gasteiger partial charge in [0.15, 0.2) is 8.07 Å². The monoisotopic (exact) mass is 757 g/mol. The molecule has 4 heterocycles. The molecule has 0 bridgehead atoms. The molecular formula is C53H35N3OSi. The lowest BCUT2D eigenvalue weighted by molar-refractivity contribution is 0.669. The molecule has 0 aliphatic carbocycles. The van der Waals surface area contributed by atoms with Gasteiger partial charge in [-0.25, -0.2) is 0 Å². The van der Waals surface area contributed by atoms with Gasteiger partial charge in [-0.05, 0) is 81.4 Å². The van der Waals surface area contributed by atoms with Crippen molar-refractivity contribution in [3.8, 4) is 11.4 Å². The molecule has 0 aliphatic rings. The van der Waals surface area contributed by atoms with Gasteiger partial charge in [0.05, 0.1) is 22.1 Å². The first-order chi connectivity index (χ1) is 28.8. The summed E-state index contributed by atoms with van der Waals surface area (Å²) >= 11 is 0. The van der Waals surface area contributed by atoms with Crippen LogP contribution in [0.3, 0.4) is 0 Å². The third-order valence-corrected chi connectivity index (χ3v) is 16.9. The maximum atomic E-state index is 6.37. The average molecular weight is 758 g/mol. The van der Waals surface area contributed by atoms with Crippen LogP contribution in [-0.2, 0) is 0 Å². The van der Waals surface area contributed by atoms with Crippen molar-refractivity contribution >= 4 is 94.4 Å². The number of aromatic nitrogens is 3. The number of hydrogen-bond acceptors (Lipinski definition) is 2. The molecule has 0 fully saturated rings. The molecule has 5 heteroatoms. The van der Waals surface area contributed by atoms with Gasteiger partial charge >= 0.3 is 0 Å². The summed E-state index contributed by atoms with van der Waals surface area (Å²) in [5.74, 6) is 0. The topological polar surface area (TPSA) is 35.9 Å². The van der Waals surface area contributed by atoms with Crippen molar-refractivity contribution in [2.45, 2.75) is 0 Å². The average Bonchev–Trinajstić information content (AvgIpc) is 3.94. The van der Waals surface area contributed by atoms with Gasteiger partial charge in [-0.3, -0.25) is 4.98 Å². The molecule has 0 spiro atoms. The fourth-order valence-electron chi connectivity index (χ4n) is 9.67.